The first-order valence-corrected chi connectivity index (χ1v) is 10.5. The van der Waals surface area contributed by atoms with Gasteiger partial charge in [0.2, 0.25) is 10.0 Å². The highest BCUT2D eigenvalue weighted by Gasteiger charge is 2.31. The average Bonchev–Trinajstić information content (AvgIpc) is 2.74. The Balaban J connectivity index is 1.80. The van der Waals surface area contributed by atoms with E-state index in [1.807, 2.05) is 20.8 Å². The van der Waals surface area contributed by atoms with Gasteiger partial charge in [0, 0.05) is 39.3 Å². The van der Waals surface area contributed by atoms with Gasteiger partial charge in [0.1, 0.15) is 5.60 Å². The summed E-state index contributed by atoms with van der Waals surface area (Å²) in [7, 11) is -3.10. The van der Waals surface area contributed by atoms with E-state index in [1.54, 1.807) is 9.21 Å². The molecular formula is C16H31N3O4S. The summed E-state index contributed by atoms with van der Waals surface area (Å²) in [5.74, 6) is 0.433. The van der Waals surface area contributed by atoms with Crippen LogP contribution in [0.2, 0.25) is 0 Å². The van der Waals surface area contributed by atoms with E-state index in [2.05, 4.69) is 4.90 Å². The summed E-state index contributed by atoms with van der Waals surface area (Å²) >= 11 is 0. The van der Waals surface area contributed by atoms with Crippen LogP contribution in [0.1, 0.15) is 33.6 Å². The Morgan fingerprint density at radius 2 is 1.83 bits per heavy atom. The van der Waals surface area contributed by atoms with Gasteiger partial charge in [0.05, 0.1) is 6.26 Å². The summed E-state index contributed by atoms with van der Waals surface area (Å²) in [6.45, 7) is 10.8. The molecule has 2 heterocycles. The molecule has 140 valence electrons. The van der Waals surface area contributed by atoms with E-state index < -0.39 is 15.6 Å². The van der Waals surface area contributed by atoms with Gasteiger partial charge in [-0.3, -0.25) is 0 Å². The third-order valence-electron chi connectivity index (χ3n) is 4.47. The van der Waals surface area contributed by atoms with Crippen LogP contribution in [0, 0.1) is 5.92 Å². The van der Waals surface area contributed by atoms with Crippen LogP contribution in [0.25, 0.3) is 0 Å². The molecule has 24 heavy (non-hydrogen) atoms. The Hall–Kier alpha value is -0.860. The normalized spacial score (nSPS) is 24.8. The number of carbonyl (C=O) groups is 1. The first-order valence-electron chi connectivity index (χ1n) is 8.70. The maximum absolute atomic E-state index is 12.1. The highest BCUT2D eigenvalue weighted by molar-refractivity contribution is 7.88. The van der Waals surface area contributed by atoms with Gasteiger partial charge in [0.15, 0.2) is 0 Å². The van der Waals surface area contributed by atoms with Crippen LogP contribution in [0.15, 0.2) is 0 Å². The SMILES string of the molecule is CC(C)(C)OC(=O)N1CCC(CN2CCCN(S(C)(=O)=O)CC2)C1. The van der Waals surface area contributed by atoms with Crippen LogP contribution < -0.4 is 0 Å². The number of likely N-dealkylation sites (tertiary alicyclic amines) is 1. The maximum atomic E-state index is 12.1. The van der Waals surface area contributed by atoms with E-state index in [9.17, 15) is 13.2 Å². The zero-order valence-electron chi connectivity index (χ0n) is 15.3. The Bertz CT molecular complexity index is 544. The molecule has 1 atom stereocenters. The molecular weight excluding hydrogens is 330 g/mol. The van der Waals surface area contributed by atoms with Crippen LogP contribution in [-0.4, -0.2) is 86.3 Å². The second-order valence-electron chi connectivity index (χ2n) is 7.90. The van der Waals surface area contributed by atoms with Crippen LogP contribution in [0.5, 0.6) is 0 Å². The third-order valence-corrected chi connectivity index (χ3v) is 5.77. The predicted octanol–water partition coefficient (Wildman–Crippen LogP) is 1.21. The number of ether oxygens (including phenoxy) is 1. The number of hydrogen-bond acceptors (Lipinski definition) is 5. The quantitative estimate of drug-likeness (QED) is 0.756. The van der Waals surface area contributed by atoms with Crippen LogP contribution in [-0.2, 0) is 14.8 Å². The van der Waals surface area contributed by atoms with Crippen molar-refractivity contribution in [1.29, 1.82) is 0 Å². The van der Waals surface area contributed by atoms with Gasteiger partial charge >= 0.3 is 6.09 Å². The molecule has 0 radical (unpaired) electrons. The lowest BCUT2D eigenvalue weighted by atomic mass is 10.1. The molecule has 0 aromatic heterocycles. The molecule has 1 amide bonds. The van der Waals surface area contributed by atoms with Crippen molar-refractivity contribution >= 4 is 16.1 Å². The van der Waals surface area contributed by atoms with Crippen molar-refractivity contribution in [3.05, 3.63) is 0 Å². The molecule has 7 nitrogen and oxygen atoms in total. The zero-order valence-corrected chi connectivity index (χ0v) is 16.1. The molecule has 2 rings (SSSR count). The summed E-state index contributed by atoms with van der Waals surface area (Å²) < 4.78 is 30.3. The second-order valence-corrected chi connectivity index (χ2v) is 9.88. The zero-order chi connectivity index (χ0) is 18.0. The van der Waals surface area contributed by atoms with Crippen molar-refractivity contribution < 1.29 is 17.9 Å². The van der Waals surface area contributed by atoms with Crippen molar-refractivity contribution in [3.63, 3.8) is 0 Å². The fourth-order valence-corrected chi connectivity index (χ4v) is 4.17. The number of sulfonamides is 1. The maximum Gasteiger partial charge on any atom is 0.410 e. The van der Waals surface area contributed by atoms with E-state index in [0.717, 1.165) is 45.6 Å². The molecule has 0 aromatic carbocycles. The van der Waals surface area contributed by atoms with E-state index >= 15 is 0 Å². The number of amides is 1. The predicted molar refractivity (Wildman–Crippen MR) is 93.4 cm³/mol. The first kappa shape index (κ1) is 19.5. The van der Waals surface area contributed by atoms with Gasteiger partial charge in [0.25, 0.3) is 0 Å². The van der Waals surface area contributed by atoms with Crippen molar-refractivity contribution in [2.75, 3.05) is 52.1 Å². The minimum atomic E-state index is -3.10. The lowest BCUT2D eigenvalue weighted by Gasteiger charge is -2.26. The number of carbonyl (C=O) groups excluding carboxylic acids is 1. The molecule has 2 aliphatic rings. The molecule has 8 heteroatoms. The highest BCUT2D eigenvalue weighted by Crippen LogP contribution is 2.21. The Labute approximate surface area is 146 Å². The summed E-state index contributed by atoms with van der Waals surface area (Å²) in [4.78, 5) is 16.2. The minimum absolute atomic E-state index is 0.232. The van der Waals surface area contributed by atoms with Crippen LogP contribution in [0.3, 0.4) is 0 Å². The molecule has 2 fully saturated rings. The lowest BCUT2D eigenvalue weighted by Crippen LogP contribution is -2.38. The van der Waals surface area contributed by atoms with Gasteiger partial charge in [-0.25, -0.2) is 17.5 Å². The number of rotatable bonds is 3. The van der Waals surface area contributed by atoms with Gasteiger partial charge in [-0.15, -0.1) is 0 Å². The monoisotopic (exact) mass is 361 g/mol. The van der Waals surface area contributed by atoms with E-state index in [1.165, 1.54) is 6.26 Å². The molecule has 0 aliphatic carbocycles. The van der Waals surface area contributed by atoms with E-state index in [0.29, 0.717) is 19.0 Å². The van der Waals surface area contributed by atoms with E-state index in [4.69, 9.17) is 4.74 Å². The van der Waals surface area contributed by atoms with Crippen molar-refractivity contribution in [1.82, 2.24) is 14.1 Å². The van der Waals surface area contributed by atoms with Crippen molar-refractivity contribution in [2.45, 2.75) is 39.2 Å². The fraction of sp³-hybridized carbons (Fsp3) is 0.938. The van der Waals surface area contributed by atoms with Gasteiger partial charge in [-0.2, -0.15) is 0 Å². The first-order chi connectivity index (χ1) is 11.0. The fourth-order valence-electron chi connectivity index (χ4n) is 3.30. The minimum Gasteiger partial charge on any atom is -0.444 e. The Morgan fingerprint density at radius 1 is 1.12 bits per heavy atom. The van der Waals surface area contributed by atoms with Crippen LogP contribution >= 0.6 is 0 Å². The smallest absolute Gasteiger partial charge is 0.410 e. The Kier molecular flexibility index (Phi) is 6.14. The molecule has 0 bridgehead atoms. The third kappa shape index (κ3) is 5.89. The lowest BCUT2D eigenvalue weighted by molar-refractivity contribution is 0.0285. The van der Waals surface area contributed by atoms with Crippen LogP contribution in [0.4, 0.5) is 4.79 Å². The molecule has 1 unspecified atom stereocenters. The summed E-state index contributed by atoms with van der Waals surface area (Å²) in [6.07, 6.45) is 2.88. The molecule has 0 aromatic rings. The second kappa shape index (κ2) is 7.58. The molecule has 0 N–H and O–H groups in total. The van der Waals surface area contributed by atoms with Gasteiger partial charge in [-0.05, 0) is 46.1 Å². The van der Waals surface area contributed by atoms with Crippen molar-refractivity contribution in [3.8, 4) is 0 Å². The Morgan fingerprint density at radius 3 is 2.46 bits per heavy atom. The molecule has 0 spiro atoms. The number of hydrogen-bond donors (Lipinski definition) is 0. The topological polar surface area (TPSA) is 70.2 Å². The average molecular weight is 362 g/mol. The molecule has 2 saturated heterocycles. The van der Waals surface area contributed by atoms with Gasteiger partial charge < -0.3 is 14.5 Å². The standard InChI is InChI=1S/C16H31N3O4S/c1-16(2,3)23-15(20)18-9-6-14(13-18)12-17-7-5-8-19(11-10-17)24(4,21)22/h14H,5-13H2,1-4H3. The number of nitrogens with zero attached hydrogens (tertiary/aromatic N) is 3. The highest BCUT2D eigenvalue weighted by atomic mass is 32.2. The molecule has 0 saturated carbocycles. The molecule has 2 aliphatic heterocycles. The summed E-state index contributed by atoms with van der Waals surface area (Å²) in [5.41, 5.74) is -0.463. The summed E-state index contributed by atoms with van der Waals surface area (Å²) in [5, 5.41) is 0. The van der Waals surface area contributed by atoms with Crippen molar-refractivity contribution in [2.24, 2.45) is 5.92 Å². The van der Waals surface area contributed by atoms with E-state index in [-0.39, 0.29) is 6.09 Å². The van der Waals surface area contributed by atoms with Gasteiger partial charge in [-0.1, -0.05) is 0 Å². The largest absolute Gasteiger partial charge is 0.444 e. The summed E-state index contributed by atoms with van der Waals surface area (Å²) in [6, 6.07) is 0.